The smallest absolute Gasteiger partial charge is 0.210 e. The fourth-order valence-electron chi connectivity index (χ4n) is 3.51. The van der Waals surface area contributed by atoms with Crippen molar-refractivity contribution in [3.8, 4) is 11.1 Å². The first-order valence-electron chi connectivity index (χ1n) is 7.60. The zero-order valence-electron chi connectivity index (χ0n) is 12.5. The topological polar surface area (TPSA) is 20.3 Å². The normalized spacial score (nSPS) is 16.6. The number of hydrogen-bond donors (Lipinski definition) is 0. The van der Waals surface area contributed by atoms with Gasteiger partial charge in [0.1, 0.15) is 0 Å². The molecule has 2 heteroatoms. The SMILES string of the molecule is CN(C=O)C1(c2ccc(-c3ccccc3)cc2)CCCC1. The summed E-state index contributed by atoms with van der Waals surface area (Å²) < 4.78 is 0. The predicted molar refractivity (Wildman–Crippen MR) is 85.9 cm³/mol. The van der Waals surface area contributed by atoms with Crippen LogP contribution in [-0.2, 0) is 10.3 Å². The lowest BCUT2D eigenvalue weighted by atomic mass is 9.86. The highest BCUT2D eigenvalue weighted by Crippen LogP contribution is 2.43. The minimum atomic E-state index is -0.100. The van der Waals surface area contributed by atoms with Gasteiger partial charge in [0.05, 0.1) is 5.54 Å². The molecule has 1 saturated carbocycles. The summed E-state index contributed by atoms with van der Waals surface area (Å²) in [5, 5.41) is 0. The first-order valence-corrected chi connectivity index (χ1v) is 7.60. The molecule has 0 heterocycles. The van der Waals surface area contributed by atoms with Gasteiger partial charge >= 0.3 is 0 Å². The van der Waals surface area contributed by atoms with Crippen molar-refractivity contribution in [1.82, 2.24) is 4.90 Å². The van der Waals surface area contributed by atoms with Crippen molar-refractivity contribution in [2.45, 2.75) is 31.2 Å². The Morgan fingerprint density at radius 3 is 2.05 bits per heavy atom. The Bertz CT molecular complexity index is 597. The van der Waals surface area contributed by atoms with Crippen molar-refractivity contribution in [3.63, 3.8) is 0 Å². The molecule has 0 unspecified atom stereocenters. The fraction of sp³-hybridized carbons (Fsp3) is 0.316. The van der Waals surface area contributed by atoms with E-state index in [9.17, 15) is 4.79 Å². The van der Waals surface area contributed by atoms with E-state index in [0.717, 1.165) is 19.3 Å². The van der Waals surface area contributed by atoms with Crippen molar-refractivity contribution in [1.29, 1.82) is 0 Å². The van der Waals surface area contributed by atoms with Crippen LogP contribution in [0.15, 0.2) is 54.6 Å². The van der Waals surface area contributed by atoms with Crippen LogP contribution < -0.4 is 0 Å². The maximum atomic E-state index is 11.3. The summed E-state index contributed by atoms with van der Waals surface area (Å²) in [5.74, 6) is 0. The number of benzene rings is 2. The van der Waals surface area contributed by atoms with Crippen molar-refractivity contribution in [3.05, 3.63) is 60.2 Å². The minimum Gasteiger partial charge on any atom is -0.339 e. The van der Waals surface area contributed by atoms with Gasteiger partial charge in [-0.25, -0.2) is 0 Å². The molecule has 0 radical (unpaired) electrons. The van der Waals surface area contributed by atoms with Crippen LogP contribution in [0.2, 0.25) is 0 Å². The van der Waals surface area contributed by atoms with Crippen molar-refractivity contribution >= 4 is 6.41 Å². The maximum absolute atomic E-state index is 11.3. The molecule has 0 bridgehead atoms. The molecule has 108 valence electrons. The highest BCUT2D eigenvalue weighted by atomic mass is 16.1. The number of hydrogen-bond acceptors (Lipinski definition) is 1. The number of carbonyl (C=O) groups is 1. The molecule has 1 aliphatic carbocycles. The van der Waals surface area contributed by atoms with E-state index in [2.05, 4.69) is 48.5 Å². The molecule has 0 saturated heterocycles. The molecule has 3 rings (SSSR count). The lowest BCUT2D eigenvalue weighted by Gasteiger charge is -2.37. The van der Waals surface area contributed by atoms with E-state index < -0.39 is 0 Å². The fourth-order valence-corrected chi connectivity index (χ4v) is 3.51. The van der Waals surface area contributed by atoms with E-state index in [0.29, 0.717) is 0 Å². The van der Waals surface area contributed by atoms with Crippen molar-refractivity contribution in [2.24, 2.45) is 0 Å². The summed E-state index contributed by atoms with van der Waals surface area (Å²) in [6.45, 7) is 0. The van der Waals surface area contributed by atoms with E-state index in [4.69, 9.17) is 0 Å². The van der Waals surface area contributed by atoms with Gasteiger partial charge in [0.2, 0.25) is 6.41 Å². The van der Waals surface area contributed by atoms with Crippen LogP contribution in [-0.4, -0.2) is 18.4 Å². The van der Waals surface area contributed by atoms with Crippen LogP contribution in [0.4, 0.5) is 0 Å². The predicted octanol–water partition coefficient (Wildman–Crippen LogP) is 4.21. The molecule has 1 amide bonds. The zero-order valence-corrected chi connectivity index (χ0v) is 12.5. The second kappa shape index (κ2) is 5.72. The first kappa shape index (κ1) is 13.9. The quantitative estimate of drug-likeness (QED) is 0.768. The van der Waals surface area contributed by atoms with Crippen molar-refractivity contribution < 1.29 is 4.79 Å². The van der Waals surface area contributed by atoms with Crippen LogP contribution in [0.3, 0.4) is 0 Å². The number of rotatable bonds is 4. The van der Waals surface area contributed by atoms with Crippen LogP contribution in [0, 0.1) is 0 Å². The molecule has 0 N–H and O–H groups in total. The molecule has 0 aromatic heterocycles. The summed E-state index contributed by atoms with van der Waals surface area (Å²) in [6.07, 6.45) is 5.48. The average Bonchev–Trinajstić information content (AvgIpc) is 3.06. The Morgan fingerprint density at radius 1 is 0.905 bits per heavy atom. The molecule has 1 fully saturated rings. The molecular weight excluding hydrogens is 258 g/mol. The second-order valence-corrected chi connectivity index (χ2v) is 5.90. The van der Waals surface area contributed by atoms with Gasteiger partial charge in [0.15, 0.2) is 0 Å². The molecule has 21 heavy (non-hydrogen) atoms. The largest absolute Gasteiger partial charge is 0.339 e. The van der Waals surface area contributed by atoms with Gasteiger partial charge in [0.25, 0.3) is 0 Å². The lowest BCUT2D eigenvalue weighted by Crippen LogP contribution is -2.40. The standard InChI is InChI=1S/C19H21NO/c1-20(15-21)19(13-5-6-14-19)18-11-9-17(10-12-18)16-7-3-2-4-8-16/h2-4,7-12,15H,5-6,13-14H2,1H3. The van der Waals surface area contributed by atoms with Gasteiger partial charge in [-0.3, -0.25) is 4.79 Å². The van der Waals surface area contributed by atoms with Crippen LogP contribution in [0.25, 0.3) is 11.1 Å². The van der Waals surface area contributed by atoms with Crippen LogP contribution in [0.5, 0.6) is 0 Å². The lowest BCUT2D eigenvalue weighted by molar-refractivity contribution is -0.122. The van der Waals surface area contributed by atoms with E-state index in [1.54, 1.807) is 0 Å². The third kappa shape index (κ3) is 2.46. The highest BCUT2D eigenvalue weighted by molar-refractivity contribution is 5.64. The zero-order chi connectivity index (χ0) is 14.7. The molecule has 2 nitrogen and oxygen atoms in total. The number of amides is 1. The third-order valence-electron chi connectivity index (χ3n) is 4.79. The molecule has 0 aliphatic heterocycles. The van der Waals surface area contributed by atoms with Crippen LogP contribution in [0.1, 0.15) is 31.2 Å². The van der Waals surface area contributed by atoms with E-state index >= 15 is 0 Å². The summed E-state index contributed by atoms with van der Waals surface area (Å²) in [7, 11) is 1.91. The Morgan fingerprint density at radius 2 is 1.48 bits per heavy atom. The minimum absolute atomic E-state index is 0.100. The van der Waals surface area contributed by atoms with Crippen molar-refractivity contribution in [2.75, 3.05) is 7.05 Å². The van der Waals surface area contributed by atoms with Gasteiger partial charge in [-0.15, -0.1) is 0 Å². The van der Waals surface area contributed by atoms with Gasteiger partial charge in [-0.05, 0) is 29.5 Å². The summed E-state index contributed by atoms with van der Waals surface area (Å²) in [5.41, 5.74) is 3.61. The second-order valence-electron chi connectivity index (χ2n) is 5.90. The summed E-state index contributed by atoms with van der Waals surface area (Å²) >= 11 is 0. The van der Waals surface area contributed by atoms with E-state index in [1.807, 2.05) is 18.0 Å². The molecule has 1 aliphatic rings. The molecule has 2 aromatic rings. The number of nitrogens with zero attached hydrogens (tertiary/aromatic N) is 1. The molecular formula is C19H21NO. The van der Waals surface area contributed by atoms with E-state index in [-0.39, 0.29) is 5.54 Å². The monoisotopic (exact) mass is 279 g/mol. The van der Waals surface area contributed by atoms with Gasteiger partial charge in [-0.1, -0.05) is 67.4 Å². The van der Waals surface area contributed by atoms with Gasteiger partial charge in [0, 0.05) is 7.05 Å². The molecule has 0 spiro atoms. The Labute approximate surface area is 126 Å². The Kier molecular flexibility index (Phi) is 3.78. The Hall–Kier alpha value is -2.09. The van der Waals surface area contributed by atoms with Gasteiger partial charge in [-0.2, -0.15) is 0 Å². The van der Waals surface area contributed by atoms with E-state index in [1.165, 1.54) is 29.5 Å². The summed E-state index contributed by atoms with van der Waals surface area (Å²) in [6, 6.07) is 19.1. The van der Waals surface area contributed by atoms with Crippen LogP contribution >= 0.6 is 0 Å². The summed E-state index contributed by atoms with van der Waals surface area (Å²) in [4.78, 5) is 13.1. The first-order chi connectivity index (χ1) is 10.3. The average molecular weight is 279 g/mol. The molecule has 2 aromatic carbocycles. The maximum Gasteiger partial charge on any atom is 0.210 e. The Balaban J connectivity index is 1.94. The third-order valence-corrected chi connectivity index (χ3v) is 4.79. The highest BCUT2D eigenvalue weighted by Gasteiger charge is 2.38. The number of carbonyl (C=O) groups excluding carboxylic acids is 1. The van der Waals surface area contributed by atoms with Gasteiger partial charge < -0.3 is 4.90 Å². The molecule has 0 atom stereocenters.